The molecule has 0 aromatic heterocycles. The summed E-state index contributed by atoms with van der Waals surface area (Å²) in [5.41, 5.74) is 0.816. The summed E-state index contributed by atoms with van der Waals surface area (Å²) in [6, 6.07) is 6.37. The van der Waals surface area contributed by atoms with E-state index in [4.69, 9.17) is 10.2 Å². The van der Waals surface area contributed by atoms with Gasteiger partial charge in [0, 0.05) is 12.8 Å². The topological polar surface area (TPSA) is 174 Å². The van der Waals surface area contributed by atoms with Crippen LogP contribution < -0.4 is 21.3 Å². The van der Waals surface area contributed by atoms with Crippen LogP contribution in [0.4, 0.5) is 0 Å². The largest absolute Gasteiger partial charge is 0.481 e. The molecule has 0 bridgehead atoms. The highest BCUT2D eigenvalue weighted by Crippen LogP contribution is 2.08. The molecule has 1 heterocycles. The number of aliphatic carboxylic acids is 2. The molecule has 2 rings (SSSR count). The van der Waals surface area contributed by atoms with Crippen LogP contribution in [0.15, 0.2) is 30.3 Å². The zero-order valence-corrected chi connectivity index (χ0v) is 17.5. The van der Waals surface area contributed by atoms with Crippen LogP contribution in [0.2, 0.25) is 0 Å². The highest BCUT2D eigenvalue weighted by atomic mass is 16.4. The maximum absolute atomic E-state index is 12.7. The molecule has 32 heavy (non-hydrogen) atoms. The average Bonchev–Trinajstić information content (AvgIpc) is 3.30. The van der Waals surface area contributed by atoms with Crippen LogP contribution in [-0.4, -0.2) is 71.1 Å². The summed E-state index contributed by atoms with van der Waals surface area (Å²) < 4.78 is 0. The zero-order valence-electron chi connectivity index (χ0n) is 17.5. The Bertz CT molecular complexity index is 825. The highest BCUT2D eigenvalue weighted by Gasteiger charge is 2.28. The molecule has 11 nitrogen and oxygen atoms in total. The maximum Gasteiger partial charge on any atom is 0.326 e. The van der Waals surface area contributed by atoms with Gasteiger partial charge in [-0.1, -0.05) is 30.3 Å². The molecular formula is C21H28N4O7. The maximum atomic E-state index is 12.7. The SMILES string of the molecule is O=C(O)CCC(NC(=O)CNC(=O)C(Cc1ccccc1)NC(=O)C1CCCN1)C(=O)O. The second kappa shape index (κ2) is 12.4. The molecule has 1 aliphatic heterocycles. The molecule has 174 valence electrons. The number of carbonyl (C=O) groups is 5. The van der Waals surface area contributed by atoms with Gasteiger partial charge >= 0.3 is 11.9 Å². The van der Waals surface area contributed by atoms with E-state index in [-0.39, 0.29) is 24.8 Å². The van der Waals surface area contributed by atoms with E-state index in [9.17, 15) is 24.0 Å². The van der Waals surface area contributed by atoms with Gasteiger partial charge < -0.3 is 31.5 Å². The van der Waals surface area contributed by atoms with Crippen molar-refractivity contribution in [2.45, 2.75) is 50.2 Å². The molecule has 0 spiro atoms. The Hall–Kier alpha value is -3.47. The highest BCUT2D eigenvalue weighted by molar-refractivity contribution is 5.93. The van der Waals surface area contributed by atoms with Crippen LogP contribution in [0.1, 0.15) is 31.2 Å². The van der Waals surface area contributed by atoms with Crippen LogP contribution in [0.3, 0.4) is 0 Å². The molecule has 1 aliphatic rings. The first-order chi connectivity index (χ1) is 15.3. The van der Waals surface area contributed by atoms with Crippen molar-refractivity contribution < 1.29 is 34.2 Å². The van der Waals surface area contributed by atoms with Crippen molar-refractivity contribution in [3.05, 3.63) is 35.9 Å². The first kappa shape index (κ1) is 24.8. The lowest BCUT2D eigenvalue weighted by molar-refractivity contribution is -0.143. The molecule has 6 N–H and O–H groups in total. The van der Waals surface area contributed by atoms with Crippen molar-refractivity contribution in [1.29, 1.82) is 0 Å². The third-order valence-corrected chi connectivity index (χ3v) is 5.00. The second-order valence-electron chi connectivity index (χ2n) is 7.51. The normalized spacial score (nSPS) is 17.1. The zero-order chi connectivity index (χ0) is 23.5. The van der Waals surface area contributed by atoms with Crippen LogP contribution in [0.5, 0.6) is 0 Å². The smallest absolute Gasteiger partial charge is 0.326 e. The number of carboxylic acid groups (broad SMARTS) is 2. The number of carbonyl (C=O) groups excluding carboxylic acids is 3. The van der Waals surface area contributed by atoms with Crippen LogP contribution in [0, 0.1) is 0 Å². The van der Waals surface area contributed by atoms with E-state index in [0.29, 0.717) is 6.42 Å². The third kappa shape index (κ3) is 8.34. The van der Waals surface area contributed by atoms with Gasteiger partial charge in [-0.25, -0.2) is 4.79 Å². The first-order valence-electron chi connectivity index (χ1n) is 10.4. The molecule has 11 heteroatoms. The molecular weight excluding hydrogens is 420 g/mol. The van der Waals surface area contributed by atoms with E-state index in [2.05, 4.69) is 21.3 Å². The van der Waals surface area contributed by atoms with E-state index in [0.717, 1.165) is 18.5 Å². The Morgan fingerprint density at radius 3 is 2.34 bits per heavy atom. The van der Waals surface area contributed by atoms with E-state index < -0.39 is 48.8 Å². The van der Waals surface area contributed by atoms with Gasteiger partial charge in [0.05, 0.1) is 12.6 Å². The van der Waals surface area contributed by atoms with Gasteiger partial charge in [0.15, 0.2) is 0 Å². The molecule has 1 fully saturated rings. The first-order valence-corrected chi connectivity index (χ1v) is 10.4. The number of carboxylic acids is 2. The van der Waals surface area contributed by atoms with E-state index >= 15 is 0 Å². The molecule has 0 aliphatic carbocycles. The Labute approximate surface area is 184 Å². The standard InChI is InChI=1S/C21H28N4O7/c26-17(24-15(21(31)32)8-9-18(27)28)12-23-19(29)16(11-13-5-2-1-3-6-13)25-20(30)14-7-4-10-22-14/h1-3,5-6,14-16,22H,4,7-12H2,(H,23,29)(H,24,26)(H,25,30)(H,27,28)(H,31,32). The molecule has 3 unspecified atom stereocenters. The Morgan fingerprint density at radius 1 is 1.03 bits per heavy atom. The molecule has 3 amide bonds. The van der Waals surface area contributed by atoms with Gasteiger partial charge in [-0.3, -0.25) is 19.2 Å². The van der Waals surface area contributed by atoms with Crippen molar-refractivity contribution in [3.8, 4) is 0 Å². The quantitative estimate of drug-likeness (QED) is 0.236. The van der Waals surface area contributed by atoms with Crippen molar-refractivity contribution in [2.75, 3.05) is 13.1 Å². The summed E-state index contributed by atoms with van der Waals surface area (Å²) in [4.78, 5) is 59.1. The summed E-state index contributed by atoms with van der Waals surface area (Å²) in [5.74, 6) is -4.23. The number of hydrogen-bond donors (Lipinski definition) is 6. The lowest BCUT2D eigenvalue weighted by atomic mass is 10.0. The summed E-state index contributed by atoms with van der Waals surface area (Å²) in [5, 5.41) is 28.2. The van der Waals surface area contributed by atoms with E-state index in [1.807, 2.05) is 18.2 Å². The minimum atomic E-state index is -1.39. The van der Waals surface area contributed by atoms with Crippen molar-refractivity contribution >= 4 is 29.7 Å². The number of rotatable bonds is 12. The monoisotopic (exact) mass is 448 g/mol. The predicted molar refractivity (Wildman–Crippen MR) is 113 cm³/mol. The lowest BCUT2D eigenvalue weighted by Gasteiger charge is -2.21. The molecule has 3 atom stereocenters. The van der Waals surface area contributed by atoms with Gasteiger partial charge in [0.25, 0.3) is 0 Å². The lowest BCUT2D eigenvalue weighted by Crippen LogP contribution is -2.54. The van der Waals surface area contributed by atoms with Crippen LogP contribution in [-0.2, 0) is 30.4 Å². The third-order valence-electron chi connectivity index (χ3n) is 5.00. The summed E-state index contributed by atoms with van der Waals surface area (Å²) in [6.07, 6.45) is 1.03. The fourth-order valence-electron chi connectivity index (χ4n) is 3.30. The Morgan fingerprint density at radius 2 is 1.75 bits per heavy atom. The summed E-state index contributed by atoms with van der Waals surface area (Å²) >= 11 is 0. The minimum Gasteiger partial charge on any atom is -0.481 e. The van der Waals surface area contributed by atoms with Crippen LogP contribution >= 0.6 is 0 Å². The summed E-state index contributed by atoms with van der Waals surface area (Å²) in [6.45, 7) is 0.207. The van der Waals surface area contributed by atoms with E-state index in [1.54, 1.807) is 12.1 Å². The number of benzene rings is 1. The number of amides is 3. The summed E-state index contributed by atoms with van der Waals surface area (Å²) in [7, 11) is 0. The Kier molecular flexibility index (Phi) is 9.61. The van der Waals surface area contributed by atoms with Gasteiger partial charge in [0.2, 0.25) is 17.7 Å². The van der Waals surface area contributed by atoms with Crippen LogP contribution in [0.25, 0.3) is 0 Å². The fourth-order valence-corrected chi connectivity index (χ4v) is 3.30. The van der Waals surface area contributed by atoms with Gasteiger partial charge in [-0.2, -0.15) is 0 Å². The van der Waals surface area contributed by atoms with Crippen molar-refractivity contribution in [3.63, 3.8) is 0 Å². The number of hydrogen-bond acceptors (Lipinski definition) is 6. The average molecular weight is 448 g/mol. The Balaban J connectivity index is 1.95. The van der Waals surface area contributed by atoms with Crippen molar-refractivity contribution in [1.82, 2.24) is 21.3 Å². The molecule has 0 radical (unpaired) electrons. The van der Waals surface area contributed by atoms with Gasteiger partial charge in [-0.05, 0) is 31.4 Å². The van der Waals surface area contributed by atoms with E-state index in [1.165, 1.54) is 0 Å². The number of nitrogens with one attached hydrogen (secondary N) is 4. The molecule has 0 saturated carbocycles. The minimum absolute atomic E-state index is 0.211. The van der Waals surface area contributed by atoms with Gasteiger partial charge in [-0.15, -0.1) is 0 Å². The van der Waals surface area contributed by atoms with Gasteiger partial charge in [0.1, 0.15) is 12.1 Å². The second-order valence-corrected chi connectivity index (χ2v) is 7.51. The van der Waals surface area contributed by atoms with Crippen molar-refractivity contribution in [2.24, 2.45) is 0 Å². The molecule has 1 aromatic rings. The fraction of sp³-hybridized carbons (Fsp3) is 0.476. The molecule has 1 aromatic carbocycles. The predicted octanol–water partition coefficient (Wildman–Crippen LogP) is -0.984. The molecule has 1 saturated heterocycles.